The Labute approximate surface area is 109 Å². The second-order valence-corrected chi connectivity index (χ2v) is 5.02. The largest absolute Gasteiger partial charge is 0.356 e. The molecule has 0 aromatic heterocycles. The topological polar surface area (TPSA) is 35.6 Å². The van der Waals surface area contributed by atoms with Gasteiger partial charge in [0.15, 0.2) is 0 Å². The summed E-state index contributed by atoms with van der Waals surface area (Å²) >= 11 is 5.48. The first kappa shape index (κ1) is 14.7. The molecule has 1 saturated heterocycles. The maximum atomic E-state index is 11.1. The van der Waals surface area contributed by atoms with Crippen LogP contribution in [0.15, 0.2) is 0 Å². The molecule has 1 aliphatic heterocycles. The quantitative estimate of drug-likeness (QED) is 0.543. The van der Waals surface area contributed by atoms with Gasteiger partial charge in [0.25, 0.3) is 0 Å². The van der Waals surface area contributed by atoms with Crippen molar-refractivity contribution in [2.75, 3.05) is 52.2 Å². The van der Waals surface area contributed by atoms with Crippen LogP contribution in [0.1, 0.15) is 19.3 Å². The van der Waals surface area contributed by atoms with Crippen molar-refractivity contribution in [3.05, 3.63) is 0 Å². The molecule has 0 unspecified atom stereocenters. The molecule has 0 bridgehead atoms. The fourth-order valence-electron chi connectivity index (χ4n) is 1.93. The molecule has 1 N–H and O–H groups in total. The average molecular weight is 262 g/mol. The Morgan fingerprint density at radius 3 is 2.59 bits per heavy atom. The number of nitrogens with zero attached hydrogens (tertiary/aromatic N) is 2. The number of unbranched alkanes of at least 4 members (excludes halogenated alkanes) is 1. The standard InChI is InChI=1S/C12H24ClN3O/c1-15-8-10-16(11-9-15)7-3-2-6-14-12(17)4-5-13/h2-11H2,1H3,(H,14,17). The summed E-state index contributed by atoms with van der Waals surface area (Å²) in [5.41, 5.74) is 0. The van der Waals surface area contributed by atoms with Crippen molar-refractivity contribution in [1.82, 2.24) is 15.1 Å². The number of hydrogen-bond donors (Lipinski definition) is 1. The van der Waals surface area contributed by atoms with Gasteiger partial charge in [0.05, 0.1) is 0 Å². The lowest BCUT2D eigenvalue weighted by Crippen LogP contribution is -2.44. The van der Waals surface area contributed by atoms with Crippen LogP contribution in [0, 0.1) is 0 Å². The summed E-state index contributed by atoms with van der Waals surface area (Å²) in [7, 11) is 2.17. The number of carbonyl (C=O) groups is 1. The summed E-state index contributed by atoms with van der Waals surface area (Å²) in [6, 6.07) is 0. The average Bonchev–Trinajstić information content (AvgIpc) is 2.31. The summed E-state index contributed by atoms with van der Waals surface area (Å²) in [5, 5.41) is 2.88. The Balaban J connectivity index is 1.92. The first-order valence-electron chi connectivity index (χ1n) is 6.46. The molecule has 0 aliphatic carbocycles. The Kier molecular flexibility index (Phi) is 7.56. The third-order valence-corrected chi connectivity index (χ3v) is 3.33. The molecule has 0 atom stereocenters. The molecule has 0 spiro atoms. The third kappa shape index (κ3) is 6.86. The van der Waals surface area contributed by atoms with Crippen molar-refractivity contribution >= 4 is 17.5 Å². The van der Waals surface area contributed by atoms with Gasteiger partial charge in [0, 0.05) is 45.0 Å². The van der Waals surface area contributed by atoms with Gasteiger partial charge < -0.3 is 15.1 Å². The molecule has 1 amide bonds. The van der Waals surface area contributed by atoms with Crippen LogP contribution in [-0.4, -0.2) is 67.9 Å². The first-order valence-corrected chi connectivity index (χ1v) is 6.99. The highest BCUT2D eigenvalue weighted by atomic mass is 35.5. The number of nitrogens with one attached hydrogen (secondary N) is 1. The van der Waals surface area contributed by atoms with Gasteiger partial charge in [-0.05, 0) is 26.4 Å². The number of carbonyl (C=O) groups excluding carboxylic acids is 1. The fraction of sp³-hybridized carbons (Fsp3) is 0.917. The van der Waals surface area contributed by atoms with Gasteiger partial charge in [-0.15, -0.1) is 11.6 Å². The molecule has 0 aromatic rings. The van der Waals surface area contributed by atoms with Crippen molar-refractivity contribution in [3.63, 3.8) is 0 Å². The van der Waals surface area contributed by atoms with Gasteiger partial charge in [0.1, 0.15) is 0 Å². The minimum Gasteiger partial charge on any atom is -0.356 e. The summed E-state index contributed by atoms with van der Waals surface area (Å²) < 4.78 is 0. The van der Waals surface area contributed by atoms with Crippen LogP contribution >= 0.6 is 11.6 Å². The lowest BCUT2D eigenvalue weighted by molar-refractivity contribution is -0.120. The van der Waals surface area contributed by atoms with Gasteiger partial charge in [-0.3, -0.25) is 4.79 Å². The highest BCUT2D eigenvalue weighted by Gasteiger charge is 2.12. The number of alkyl halides is 1. The molecule has 17 heavy (non-hydrogen) atoms. The second kappa shape index (κ2) is 8.72. The van der Waals surface area contributed by atoms with E-state index in [2.05, 4.69) is 22.2 Å². The highest BCUT2D eigenvalue weighted by molar-refractivity contribution is 6.18. The molecule has 1 rings (SSSR count). The lowest BCUT2D eigenvalue weighted by Gasteiger charge is -2.32. The van der Waals surface area contributed by atoms with E-state index in [0.29, 0.717) is 12.3 Å². The lowest BCUT2D eigenvalue weighted by atomic mass is 10.2. The zero-order chi connectivity index (χ0) is 12.5. The van der Waals surface area contributed by atoms with E-state index in [-0.39, 0.29) is 5.91 Å². The van der Waals surface area contributed by atoms with Gasteiger partial charge in [-0.25, -0.2) is 0 Å². The SMILES string of the molecule is CN1CCN(CCCCNC(=O)CCCl)CC1. The van der Waals surface area contributed by atoms with Crippen LogP contribution in [0.5, 0.6) is 0 Å². The molecule has 0 aromatic carbocycles. The number of hydrogen-bond acceptors (Lipinski definition) is 3. The predicted octanol–water partition coefficient (Wildman–Crippen LogP) is 0.759. The van der Waals surface area contributed by atoms with Crippen molar-refractivity contribution in [1.29, 1.82) is 0 Å². The molecular formula is C12H24ClN3O. The van der Waals surface area contributed by atoms with Crippen molar-refractivity contribution < 1.29 is 4.79 Å². The molecular weight excluding hydrogens is 238 g/mol. The van der Waals surface area contributed by atoms with E-state index < -0.39 is 0 Å². The molecule has 5 heteroatoms. The van der Waals surface area contributed by atoms with Gasteiger partial charge in [-0.2, -0.15) is 0 Å². The maximum Gasteiger partial charge on any atom is 0.221 e. The molecule has 100 valence electrons. The first-order chi connectivity index (χ1) is 8.22. The summed E-state index contributed by atoms with van der Waals surface area (Å²) in [5.74, 6) is 0.479. The van der Waals surface area contributed by atoms with Crippen LogP contribution in [0.2, 0.25) is 0 Å². The normalized spacial score (nSPS) is 18.2. The number of piperazine rings is 1. The number of rotatable bonds is 7. The Morgan fingerprint density at radius 1 is 1.24 bits per heavy atom. The maximum absolute atomic E-state index is 11.1. The van der Waals surface area contributed by atoms with E-state index >= 15 is 0 Å². The zero-order valence-electron chi connectivity index (χ0n) is 10.8. The monoisotopic (exact) mass is 261 g/mol. The molecule has 0 saturated carbocycles. The van der Waals surface area contributed by atoms with Crippen LogP contribution < -0.4 is 5.32 Å². The van der Waals surface area contributed by atoms with Crippen molar-refractivity contribution in [2.45, 2.75) is 19.3 Å². The van der Waals surface area contributed by atoms with E-state index in [1.54, 1.807) is 0 Å². The minimum atomic E-state index is 0.0691. The minimum absolute atomic E-state index is 0.0691. The van der Waals surface area contributed by atoms with E-state index in [9.17, 15) is 4.79 Å². The summed E-state index contributed by atoms with van der Waals surface area (Å²) in [6.45, 7) is 6.63. The number of amides is 1. The molecule has 1 aliphatic rings. The summed E-state index contributed by atoms with van der Waals surface area (Å²) in [6.07, 6.45) is 2.64. The van der Waals surface area contributed by atoms with Gasteiger partial charge in [-0.1, -0.05) is 0 Å². The van der Waals surface area contributed by atoms with Crippen molar-refractivity contribution in [3.8, 4) is 0 Å². The Bertz CT molecular complexity index is 218. The van der Waals surface area contributed by atoms with Crippen LogP contribution in [0.3, 0.4) is 0 Å². The predicted molar refractivity (Wildman–Crippen MR) is 71.5 cm³/mol. The Morgan fingerprint density at radius 2 is 1.94 bits per heavy atom. The Hall–Kier alpha value is -0.320. The fourth-order valence-corrected chi connectivity index (χ4v) is 2.11. The highest BCUT2D eigenvalue weighted by Crippen LogP contribution is 2.01. The van der Waals surface area contributed by atoms with Crippen molar-refractivity contribution in [2.24, 2.45) is 0 Å². The van der Waals surface area contributed by atoms with E-state index in [0.717, 1.165) is 25.9 Å². The van der Waals surface area contributed by atoms with E-state index in [4.69, 9.17) is 11.6 Å². The summed E-state index contributed by atoms with van der Waals surface area (Å²) in [4.78, 5) is 16.0. The smallest absolute Gasteiger partial charge is 0.221 e. The molecule has 1 fully saturated rings. The van der Waals surface area contributed by atoms with Gasteiger partial charge >= 0.3 is 0 Å². The molecule has 0 radical (unpaired) electrons. The second-order valence-electron chi connectivity index (χ2n) is 4.64. The number of halogens is 1. The van der Waals surface area contributed by atoms with Crippen LogP contribution in [-0.2, 0) is 4.79 Å². The van der Waals surface area contributed by atoms with E-state index in [1.165, 1.54) is 26.2 Å². The zero-order valence-corrected chi connectivity index (χ0v) is 11.5. The van der Waals surface area contributed by atoms with Gasteiger partial charge in [0.2, 0.25) is 5.91 Å². The van der Waals surface area contributed by atoms with E-state index in [1.807, 2.05) is 0 Å². The van der Waals surface area contributed by atoms with Crippen LogP contribution in [0.25, 0.3) is 0 Å². The molecule has 4 nitrogen and oxygen atoms in total. The third-order valence-electron chi connectivity index (χ3n) is 3.14. The molecule has 1 heterocycles. The number of likely N-dealkylation sites (N-methyl/N-ethyl adjacent to an activating group) is 1. The van der Waals surface area contributed by atoms with Crippen LogP contribution in [0.4, 0.5) is 0 Å².